The summed E-state index contributed by atoms with van der Waals surface area (Å²) in [6.45, 7) is 5.60. The zero-order valence-electron chi connectivity index (χ0n) is 20.8. The molecule has 8 heteroatoms. The first kappa shape index (κ1) is 25.3. The molecular formula is C28H31N5O3. The second-order valence-electron chi connectivity index (χ2n) is 9.44. The van der Waals surface area contributed by atoms with Crippen molar-refractivity contribution in [3.05, 3.63) is 77.7 Å². The molecule has 2 aromatic heterocycles. The number of pyridine rings is 2. The van der Waals surface area contributed by atoms with Crippen molar-refractivity contribution in [1.82, 2.24) is 19.8 Å². The summed E-state index contributed by atoms with van der Waals surface area (Å²) in [6.07, 6.45) is 5.04. The van der Waals surface area contributed by atoms with Gasteiger partial charge in [0.2, 0.25) is 5.88 Å². The first-order valence-corrected chi connectivity index (χ1v) is 12.1. The van der Waals surface area contributed by atoms with Crippen LogP contribution in [0.25, 0.3) is 11.1 Å². The van der Waals surface area contributed by atoms with Crippen molar-refractivity contribution >= 4 is 5.91 Å². The quantitative estimate of drug-likeness (QED) is 0.547. The minimum atomic E-state index is -0.348. The SMILES string of the molecule is C[C@@H]1CN([C@H](C)CO)C(=O)c2cc(-c3ccc(C#N)cc3)cnc2O[C@@H]1CN(C)Cc1ccncc1. The van der Waals surface area contributed by atoms with Crippen LogP contribution in [0.2, 0.25) is 0 Å². The van der Waals surface area contributed by atoms with E-state index in [4.69, 9.17) is 10.00 Å². The van der Waals surface area contributed by atoms with E-state index in [2.05, 4.69) is 27.9 Å². The van der Waals surface area contributed by atoms with Gasteiger partial charge >= 0.3 is 0 Å². The van der Waals surface area contributed by atoms with Crippen molar-refractivity contribution < 1.29 is 14.6 Å². The summed E-state index contributed by atoms with van der Waals surface area (Å²) in [4.78, 5) is 26.2. The molecule has 8 nitrogen and oxygen atoms in total. The minimum Gasteiger partial charge on any atom is -0.472 e. The average Bonchev–Trinajstić information content (AvgIpc) is 2.90. The molecule has 0 fully saturated rings. The van der Waals surface area contributed by atoms with Crippen molar-refractivity contribution in [3.63, 3.8) is 0 Å². The summed E-state index contributed by atoms with van der Waals surface area (Å²) >= 11 is 0. The number of hydrogen-bond acceptors (Lipinski definition) is 7. The Morgan fingerprint density at radius 1 is 1.22 bits per heavy atom. The van der Waals surface area contributed by atoms with E-state index in [0.717, 1.165) is 23.2 Å². The first-order valence-electron chi connectivity index (χ1n) is 12.1. The molecule has 0 spiro atoms. The van der Waals surface area contributed by atoms with Gasteiger partial charge in [-0.3, -0.25) is 14.7 Å². The normalized spacial score (nSPS) is 18.6. The number of amides is 1. The predicted molar refractivity (Wildman–Crippen MR) is 136 cm³/mol. The molecule has 1 amide bonds. The van der Waals surface area contributed by atoms with Gasteiger partial charge in [-0.05, 0) is 55.4 Å². The van der Waals surface area contributed by atoms with Crippen LogP contribution in [0.1, 0.15) is 35.3 Å². The Hall–Kier alpha value is -3.80. The van der Waals surface area contributed by atoms with Gasteiger partial charge in [0.05, 0.1) is 24.3 Å². The number of nitriles is 1. The van der Waals surface area contributed by atoms with E-state index >= 15 is 0 Å². The Balaban J connectivity index is 1.66. The number of ether oxygens (including phenoxy) is 1. The van der Waals surface area contributed by atoms with Crippen LogP contribution in [0.5, 0.6) is 5.88 Å². The largest absolute Gasteiger partial charge is 0.472 e. The molecule has 3 heterocycles. The molecule has 0 unspecified atom stereocenters. The molecule has 186 valence electrons. The van der Waals surface area contributed by atoms with E-state index in [1.54, 1.807) is 41.7 Å². The van der Waals surface area contributed by atoms with E-state index in [0.29, 0.717) is 30.1 Å². The summed E-state index contributed by atoms with van der Waals surface area (Å²) in [5, 5.41) is 19.0. The first-order chi connectivity index (χ1) is 17.4. The molecule has 1 aliphatic rings. The summed E-state index contributed by atoms with van der Waals surface area (Å²) in [5.41, 5.74) is 3.69. The Morgan fingerprint density at radius 2 is 1.94 bits per heavy atom. The van der Waals surface area contributed by atoms with E-state index in [-0.39, 0.29) is 30.6 Å². The summed E-state index contributed by atoms with van der Waals surface area (Å²) < 4.78 is 6.40. The lowest BCUT2D eigenvalue weighted by molar-refractivity contribution is 0.0325. The number of carbonyl (C=O) groups is 1. The number of likely N-dealkylation sites (N-methyl/N-ethyl adjacent to an activating group) is 1. The third-order valence-corrected chi connectivity index (χ3v) is 6.56. The molecular weight excluding hydrogens is 454 g/mol. The maximum absolute atomic E-state index is 13.6. The van der Waals surface area contributed by atoms with E-state index in [1.165, 1.54) is 0 Å². The minimum absolute atomic E-state index is 0.0102. The molecule has 0 radical (unpaired) electrons. The number of benzene rings is 1. The molecule has 4 rings (SSSR count). The van der Waals surface area contributed by atoms with Gasteiger partial charge in [-0.1, -0.05) is 19.1 Å². The number of aliphatic hydroxyl groups excluding tert-OH is 1. The Bertz CT molecular complexity index is 1230. The van der Waals surface area contributed by atoms with Crippen LogP contribution in [0.15, 0.2) is 61.1 Å². The van der Waals surface area contributed by atoms with Crippen LogP contribution < -0.4 is 4.74 Å². The lowest BCUT2D eigenvalue weighted by Gasteiger charge is -2.37. The Labute approximate surface area is 211 Å². The van der Waals surface area contributed by atoms with Gasteiger partial charge in [0.1, 0.15) is 11.7 Å². The van der Waals surface area contributed by atoms with Gasteiger partial charge in [0.25, 0.3) is 5.91 Å². The Morgan fingerprint density at radius 3 is 2.61 bits per heavy atom. The van der Waals surface area contributed by atoms with Crippen molar-refractivity contribution in [2.24, 2.45) is 5.92 Å². The van der Waals surface area contributed by atoms with Gasteiger partial charge in [0, 0.05) is 49.7 Å². The third kappa shape index (κ3) is 5.70. The van der Waals surface area contributed by atoms with Crippen molar-refractivity contribution in [1.29, 1.82) is 5.26 Å². The van der Waals surface area contributed by atoms with E-state index < -0.39 is 0 Å². The average molecular weight is 486 g/mol. The number of carbonyl (C=O) groups excluding carboxylic acids is 1. The lowest BCUT2D eigenvalue weighted by atomic mass is 9.99. The van der Waals surface area contributed by atoms with Crippen molar-refractivity contribution in [2.45, 2.75) is 32.5 Å². The molecule has 1 N–H and O–H groups in total. The smallest absolute Gasteiger partial charge is 0.259 e. The van der Waals surface area contributed by atoms with Crippen LogP contribution in [0, 0.1) is 17.2 Å². The number of nitrogens with zero attached hydrogens (tertiary/aromatic N) is 5. The summed E-state index contributed by atoms with van der Waals surface area (Å²) in [6, 6.07) is 14.7. The molecule has 0 saturated carbocycles. The molecule has 0 bridgehead atoms. The zero-order valence-corrected chi connectivity index (χ0v) is 20.8. The van der Waals surface area contributed by atoms with Crippen LogP contribution in [0.3, 0.4) is 0 Å². The molecule has 3 aromatic rings. The molecule has 0 aliphatic carbocycles. The van der Waals surface area contributed by atoms with E-state index in [9.17, 15) is 9.90 Å². The van der Waals surface area contributed by atoms with Crippen LogP contribution >= 0.6 is 0 Å². The molecule has 1 aromatic carbocycles. The predicted octanol–water partition coefficient (Wildman–Crippen LogP) is 3.37. The van der Waals surface area contributed by atoms with Gasteiger partial charge in [-0.15, -0.1) is 0 Å². The van der Waals surface area contributed by atoms with Crippen LogP contribution in [0.4, 0.5) is 0 Å². The lowest BCUT2D eigenvalue weighted by Crippen LogP contribution is -2.49. The summed E-state index contributed by atoms with van der Waals surface area (Å²) in [7, 11) is 2.04. The third-order valence-electron chi connectivity index (χ3n) is 6.56. The highest BCUT2D eigenvalue weighted by molar-refractivity contribution is 5.98. The topological polar surface area (TPSA) is 103 Å². The van der Waals surface area contributed by atoms with Crippen molar-refractivity contribution in [2.75, 3.05) is 26.7 Å². The Kier molecular flexibility index (Phi) is 7.93. The number of aliphatic hydroxyl groups is 1. The maximum Gasteiger partial charge on any atom is 0.259 e. The van der Waals surface area contributed by atoms with Crippen LogP contribution in [-0.4, -0.2) is 69.7 Å². The summed E-state index contributed by atoms with van der Waals surface area (Å²) in [5.74, 6) is 0.0855. The van der Waals surface area contributed by atoms with Gasteiger partial charge in [0.15, 0.2) is 0 Å². The monoisotopic (exact) mass is 485 g/mol. The molecule has 3 atom stereocenters. The standard InChI is InChI=1S/C28H31N5O3/c1-19-15-33(20(2)18-34)28(35)25-12-24(23-6-4-21(13-29)5-7-23)14-31-27(25)36-26(19)17-32(3)16-22-8-10-30-11-9-22/h4-12,14,19-20,26,34H,15-18H2,1-3H3/t19-,20-,26-/m1/s1. The van der Waals surface area contributed by atoms with Crippen molar-refractivity contribution in [3.8, 4) is 23.1 Å². The second kappa shape index (κ2) is 11.3. The number of hydrogen-bond donors (Lipinski definition) is 1. The van der Waals surface area contributed by atoms with E-state index in [1.807, 2.05) is 38.2 Å². The van der Waals surface area contributed by atoms with Gasteiger partial charge in [-0.2, -0.15) is 5.26 Å². The highest BCUT2D eigenvalue weighted by atomic mass is 16.5. The fraction of sp³-hybridized carbons (Fsp3) is 0.357. The molecule has 1 aliphatic heterocycles. The fourth-order valence-electron chi connectivity index (χ4n) is 4.39. The van der Waals surface area contributed by atoms with Crippen LogP contribution in [-0.2, 0) is 6.54 Å². The highest BCUT2D eigenvalue weighted by Crippen LogP contribution is 2.30. The number of aromatic nitrogens is 2. The molecule has 36 heavy (non-hydrogen) atoms. The highest BCUT2D eigenvalue weighted by Gasteiger charge is 2.34. The van der Waals surface area contributed by atoms with Gasteiger partial charge in [-0.25, -0.2) is 4.98 Å². The van der Waals surface area contributed by atoms with Gasteiger partial charge < -0.3 is 14.7 Å². The molecule has 0 saturated heterocycles. The fourth-order valence-corrected chi connectivity index (χ4v) is 4.39. The zero-order chi connectivity index (χ0) is 25.7. The number of fused-ring (bicyclic) bond motifs is 1. The number of rotatable bonds is 7. The second-order valence-corrected chi connectivity index (χ2v) is 9.44. The maximum atomic E-state index is 13.6.